The van der Waals surface area contributed by atoms with Crippen molar-refractivity contribution < 1.29 is 0 Å². The van der Waals surface area contributed by atoms with Crippen LogP contribution < -0.4 is 5.32 Å². The third-order valence-corrected chi connectivity index (χ3v) is 2.06. The molecule has 0 aliphatic rings. The van der Waals surface area contributed by atoms with E-state index in [0.29, 0.717) is 5.16 Å². The molecule has 0 radical (unpaired) electrons. The van der Waals surface area contributed by atoms with Gasteiger partial charge in [0, 0.05) is 6.54 Å². The summed E-state index contributed by atoms with van der Waals surface area (Å²) in [4.78, 5) is 4.34. The maximum Gasteiger partial charge on any atom is 0.128 e. The first-order chi connectivity index (χ1) is 7.61. The topological polar surface area (TPSA) is 24.4 Å². The Hall–Kier alpha value is -1.02. The molecule has 0 spiro atoms. The second-order valence-electron chi connectivity index (χ2n) is 3.39. The largest absolute Gasteiger partial charge is 0.331 e. The second-order valence-corrected chi connectivity index (χ2v) is 3.84. The molecule has 0 aliphatic heterocycles. The number of hydrogen-bond acceptors (Lipinski definition) is 1. The van der Waals surface area contributed by atoms with E-state index in [1.165, 1.54) is 0 Å². The normalized spacial score (nSPS) is 13.2. The number of aliphatic imine (C=N–C) groups is 1. The zero-order chi connectivity index (χ0) is 12.4. The first kappa shape index (κ1) is 15.0. The van der Waals surface area contributed by atoms with Crippen LogP contribution in [0.5, 0.6) is 0 Å². The van der Waals surface area contributed by atoms with E-state index in [9.17, 15) is 0 Å². The fourth-order valence-electron chi connectivity index (χ4n) is 1.21. The van der Waals surface area contributed by atoms with Crippen molar-refractivity contribution in [3.05, 3.63) is 35.5 Å². The summed E-state index contributed by atoms with van der Waals surface area (Å²) in [7, 11) is 0. The molecule has 1 N–H and O–H groups in total. The van der Waals surface area contributed by atoms with Gasteiger partial charge in [0.15, 0.2) is 0 Å². The molecule has 0 unspecified atom stereocenters. The second kappa shape index (κ2) is 9.22. The molecule has 0 fully saturated rings. The van der Waals surface area contributed by atoms with Gasteiger partial charge in [-0.3, -0.25) is 4.99 Å². The quantitative estimate of drug-likeness (QED) is 0.245. The van der Waals surface area contributed by atoms with Crippen LogP contribution in [0.2, 0.25) is 0 Å². The predicted molar refractivity (Wildman–Crippen MR) is 73.9 cm³/mol. The zero-order valence-electron chi connectivity index (χ0n) is 10.4. The minimum atomic E-state index is 0.397. The molecule has 0 heterocycles. The van der Waals surface area contributed by atoms with Gasteiger partial charge < -0.3 is 5.32 Å². The summed E-state index contributed by atoms with van der Waals surface area (Å²) in [5.74, 6) is 0.808. The fraction of sp³-hybridized carbons (Fsp3) is 0.462. The van der Waals surface area contributed by atoms with Gasteiger partial charge in [-0.25, -0.2) is 0 Å². The molecule has 0 aromatic carbocycles. The van der Waals surface area contributed by atoms with Crippen molar-refractivity contribution in [3.63, 3.8) is 0 Å². The molecule has 0 aromatic heterocycles. The summed E-state index contributed by atoms with van der Waals surface area (Å²) >= 11 is 5.71. The van der Waals surface area contributed by atoms with Crippen LogP contribution in [-0.4, -0.2) is 12.4 Å². The van der Waals surface area contributed by atoms with Crippen molar-refractivity contribution in [2.45, 2.75) is 33.6 Å². The molecule has 0 amide bonds. The van der Waals surface area contributed by atoms with Gasteiger partial charge in [0.1, 0.15) is 11.0 Å². The molecule has 0 aliphatic carbocycles. The molecular formula is C13H21ClN2. The fourth-order valence-corrected chi connectivity index (χ4v) is 1.30. The minimum Gasteiger partial charge on any atom is -0.331 e. The number of rotatable bonds is 6. The molecule has 0 bridgehead atoms. The lowest BCUT2D eigenvalue weighted by Gasteiger charge is -2.08. The van der Waals surface area contributed by atoms with E-state index < -0.39 is 0 Å². The number of halogens is 1. The van der Waals surface area contributed by atoms with Crippen molar-refractivity contribution in [1.29, 1.82) is 0 Å². The Morgan fingerprint density at radius 3 is 2.62 bits per heavy atom. The van der Waals surface area contributed by atoms with Crippen LogP contribution in [0.4, 0.5) is 0 Å². The third-order valence-electron chi connectivity index (χ3n) is 1.96. The van der Waals surface area contributed by atoms with Crippen molar-refractivity contribution >= 4 is 17.4 Å². The van der Waals surface area contributed by atoms with E-state index in [-0.39, 0.29) is 0 Å². The number of allylic oxidation sites excluding steroid dienone is 3. The Kier molecular flexibility index (Phi) is 8.64. The van der Waals surface area contributed by atoms with Gasteiger partial charge in [0.25, 0.3) is 0 Å². The summed E-state index contributed by atoms with van der Waals surface area (Å²) in [6.07, 6.45) is 8.42. The molecule has 0 rings (SSSR count). The molecule has 0 aromatic rings. The highest BCUT2D eigenvalue weighted by atomic mass is 35.5. The first-order valence-electron chi connectivity index (χ1n) is 5.56. The maximum absolute atomic E-state index is 5.71. The maximum atomic E-state index is 5.71. The van der Waals surface area contributed by atoms with Crippen LogP contribution in [0.3, 0.4) is 0 Å². The minimum absolute atomic E-state index is 0.397. The lowest BCUT2D eigenvalue weighted by Crippen LogP contribution is -2.21. The average molecular weight is 241 g/mol. The zero-order valence-corrected chi connectivity index (χ0v) is 11.1. The lowest BCUT2D eigenvalue weighted by atomic mass is 10.2. The summed E-state index contributed by atoms with van der Waals surface area (Å²) in [5.41, 5.74) is 1.10. The van der Waals surface area contributed by atoms with Gasteiger partial charge in [-0.2, -0.15) is 0 Å². The summed E-state index contributed by atoms with van der Waals surface area (Å²) in [6.45, 7) is 10.4. The molecule has 0 saturated heterocycles. The highest BCUT2D eigenvalue weighted by molar-refractivity contribution is 6.30. The molecule has 16 heavy (non-hydrogen) atoms. The van der Waals surface area contributed by atoms with Crippen LogP contribution >= 0.6 is 11.6 Å². The van der Waals surface area contributed by atoms with E-state index in [4.69, 9.17) is 11.6 Å². The monoisotopic (exact) mass is 240 g/mol. The number of nitrogens with one attached hydrogen (secondary N) is 1. The number of nitrogens with zero attached hydrogens (tertiary/aromatic N) is 1. The van der Waals surface area contributed by atoms with Crippen molar-refractivity contribution in [2.75, 3.05) is 6.54 Å². The van der Waals surface area contributed by atoms with E-state index in [0.717, 1.165) is 30.8 Å². The highest BCUT2D eigenvalue weighted by Crippen LogP contribution is 2.03. The molecule has 0 atom stereocenters. The average Bonchev–Trinajstić information content (AvgIpc) is 2.23. The summed E-state index contributed by atoms with van der Waals surface area (Å²) < 4.78 is 0. The van der Waals surface area contributed by atoms with Crippen LogP contribution in [0.1, 0.15) is 33.6 Å². The van der Waals surface area contributed by atoms with Crippen LogP contribution in [0.15, 0.2) is 40.5 Å². The standard InChI is InChI=1S/C13H21ClN2/c1-5-7-8-9-10-11(3)13(15-6-2)16-12(4)14/h5,7,10H,4,6,8-9H2,1-3H3,(H,15,16)/b7-5?,11-10+. The van der Waals surface area contributed by atoms with E-state index in [1.807, 2.05) is 20.8 Å². The molecule has 3 heteroatoms. The van der Waals surface area contributed by atoms with Crippen molar-refractivity contribution in [3.8, 4) is 0 Å². The Morgan fingerprint density at radius 1 is 1.44 bits per heavy atom. The SMILES string of the molecule is C=C(Cl)NC(=NCC)/C(C)=C/CCC=CC. The smallest absolute Gasteiger partial charge is 0.128 e. The summed E-state index contributed by atoms with van der Waals surface area (Å²) in [6, 6.07) is 0. The van der Waals surface area contributed by atoms with Crippen LogP contribution in [0.25, 0.3) is 0 Å². The Morgan fingerprint density at radius 2 is 2.12 bits per heavy atom. The van der Waals surface area contributed by atoms with Crippen molar-refractivity contribution in [2.24, 2.45) is 4.99 Å². The van der Waals surface area contributed by atoms with Gasteiger partial charge in [0.05, 0.1) is 0 Å². The van der Waals surface area contributed by atoms with Gasteiger partial charge in [-0.05, 0) is 39.2 Å². The van der Waals surface area contributed by atoms with E-state index in [1.54, 1.807) is 0 Å². The molecule has 0 saturated carbocycles. The molecule has 2 nitrogen and oxygen atoms in total. The first-order valence-corrected chi connectivity index (χ1v) is 5.93. The molecule has 90 valence electrons. The number of amidine groups is 1. The van der Waals surface area contributed by atoms with Crippen LogP contribution in [-0.2, 0) is 0 Å². The Balaban J connectivity index is 4.42. The van der Waals surface area contributed by atoms with Gasteiger partial charge in [0.2, 0.25) is 0 Å². The van der Waals surface area contributed by atoms with Crippen molar-refractivity contribution in [1.82, 2.24) is 5.32 Å². The van der Waals surface area contributed by atoms with Crippen LogP contribution in [0, 0.1) is 0 Å². The van der Waals surface area contributed by atoms with Gasteiger partial charge >= 0.3 is 0 Å². The van der Waals surface area contributed by atoms with Gasteiger partial charge in [-0.15, -0.1) is 0 Å². The van der Waals surface area contributed by atoms with E-state index >= 15 is 0 Å². The Labute approximate surface area is 104 Å². The number of hydrogen-bond donors (Lipinski definition) is 1. The highest BCUT2D eigenvalue weighted by Gasteiger charge is 2.00. The van der Waals surface area contributed by atoms with Gasteiger partial charge in [-0.1, -0.05) is 36.4 Å². The number of unbranched alkanes of at least 4 members (excludes halogenated alkanes) is 1. The lowest BCUT2D eigenvalue weighted by molar-refractivity contribution is 1.03. The third kappa shape index (κ3) is 7.30. The summed E-state index contributed by atoms with van der Waals surface area (Å²) in [5, 5.41) is 3.35. The predicted octanol–water partition coefficient (Wildman–Crippen LogP) is 4.01. The molecular weight excluding hydrogens is 220 g/mol. The Bertz CT molecular complexity index is 301. The van der Waals surface area contributed by atoms with E-state index in [2.05, 4.69) is 35.1 Å².